The Bertz CT molecular complexity index is 515. The molecule has 0 bridgehead atoms. The molecule has 1 fully saturated rings. The highest BCUT2D eigenvalue weighted by Crippen LogP contribution is 2.27. The van der Waals surface area contributed by atoms with Crippen LogP contribution in [0.4, 0.5) is 0 Å². The van der Waals surface area contributed by atoms with Crippen LogP contribution in [0.2, 0.25) is 0 Å². The van der Waals surface area contributed by atoms with E-state index in [-0.39, 0.29) is 0 Å². The van der Waals surface area contributed by atoms with Gasteiger partial charge < -0.3 is 10.1 Å². The highest BCUT2D eigenvalue weighted by atomic mass is 16.5. The van der Waals surface area contributed by atoms with Gasteiger partial charge in [-0.05, 0) is 32.0 Å². The molecule has 1 aromatic carbocycles. The smallest absolute Gasteiger partial charge is 0.168 e. The molecular weight excluding hydrogens is 226 g/mol. The van der Waals surface area contributed by atoms with Gasteiger partial charge in [-0.15, -0.1) is 0 Å². The fourth-order valence-electron chi connectivity index (χ4n) is 2.34. The number of hydrogen-bond acceptors (Lipinski definition) is 3. The van der Waals surface area contributed by atoms with Crippen LogP contribution in [0, 0.1) is 6.92 Å². The summed E-state index contributed by atoms with van der Waals surface area (Å²) in [6.07, 6.45) is 2.94. The van der Waals surface area contributed by atoms with Crippen molar-refractivity contribution in [3.05, 3.63) is 42.2 Å². The van der Waals surface area contributed by atoms with E-state index >= 15 is 0 Å². The molecule has 0 amide bonds. The molecule has 4 heteroatoms. The molecule has 1 N–H and O–H groups in total. The topological polar surface area (TPSA) is 39.1 Å². The first-order valence-electron chi connectivity index (χ1n) is 6.32. The van der Waals surface area contributed by atoms with Crippen molar-refractivity contribution in [1.29, 1.82) is 0 Å². The molecular formula is C14H17N3O. The van der Waals surface area contributed by atoms with E-state index in [0.29, 0.717) is 6.04 Å². The van der Waals surface area contributed by atoms with Gasteiger partial charge in [-0.3, -0.25) is 4.68 Å². The first kappa shape index (κ1) is 11.3. The molecule has 0 spiro atoms. The maximum absolute atomic E-state index is 5.85. The third kappa shape index (κ3) is 2.11. The van der Waals surface area contributed by atoms with E-state index in [9.17, 15) is 0 Å². The van der Waals surface area contributed by atoms with Gasteiger partial charge in [-0.25, -0.2) is 0 Å². The highest BCUT2D eigenvalue weighted by molar-refractivity contribution is 5.32. The van der Waals surface area contributed by atoms with Gasteiger partial charge in [0.25, 0.3) is 0 Å². The van der Waals surface area contributed by atoms with Crippen molar-refractivity contribution in [2.45, 2.75) is 19.4 Å². The maximum atomic E-state index is 5.85. The van der Waals surface area contributed by atoms with Gasteiger partial charge in [0.05, 0.1) is 17.9 Å². The first-order valence-corrected chi connectivity index (χ1v) is 6.32. The molecule has 4 nitrogen and oxygen atoms in total. The minimum atomic E-state index is 0.457. The van der Waals surface area contributed by atoms with Gasteiger partial charge in [0.2, 0.25) is 0 Å². The predicted octanol–water partition coefficient (Wildman–Crippen LogP) is 2.52. The molecule has 94 valence electrons. The van der Waals surface area contributed by atoms with Crippen LogP contribution in [-0.2, 0) is 0 Å². The number of hydrogen-bond donors (Lipinski definition) is 1. The Morgan fingerprint density at radius 1 is 1.33 bits per heavy atom. The van der Waals surface area contributed by atoms with Gasteiger partial charge in [-0.1, -0.05) is 18.2 Å². The summed E-state index contributed by atoms with van der Waals surface area (Å²) in [6, 6.07) is 10.3. The molecule has 1 saturated heterocycles. The first-order chi connectivity index (χ1) is 8.84. The summed E-state index contributed by atoms with van der Waals surface area (Å²) in [5.74, 6) is 1.69. The number of benzene rings is 1. The average Bonchev–Trinajstić information content (AvgIpc) is 3.02. The number of rotatable bonds is 3. The standard InChI is InChI=1S/C14H17N3O/c1-11-14(18-13-5-3-2-4-6-13)10-16-17(11)12-7-8-15-9-12/h2-6,10,12,15H,7-9H2,1H3. The quantitative estimate of drug-likeness (QED) is 0.900. The van der Waals surface area contributed by atoms with Crippen molar-refractivity contribution < 1.29 is 4.74 Å². The Hall–Kier alpha value is -1.81. The van der Waals surface area contributed by atoms with Crippen molar-refractivity contribution in [1.82, 2.24) is 15.1 Å². The fourth-order valence-corrected chi connectivity index (χ4v) is 2.34. The van der Waals surface area contributed by atoms with Crippen molar-refractivity contribution in [2.75, 3.05) is 13.1 Å². The Morgan fingerprint density at radius 2 is 2.17 bits per heavy atom. The zero-order chi connectivity index (χ0) is 12.4. The summed E-state index contributed by atoms with van der Waals surface area (Å²) in [7, 11) is 0. The van der Waals surface area contributed by atoms with Crippen LogP contribution < -0.4 is 10.1 Å². The predicted molar refractivity (Wildman–Crippen MR) is 70.0 cm³/mol. The van der Waals surface area contributed by atoms with Gasteiger partial charge in [-0.2, -0.15) is 5.10 Å². The van der Waals surface area contributed by atoms with Crippen molar-refractivity contribution in [3.63, 3.8) is 0 Å². The van der Waals surface area contributed by atoms with E-state index in [0.717, 1.165) is 36.7 Å². The van der Waals surface area contributed by atoms with Gasteiger partial charge in [0.1, 0.15) is 5.75 Å². The molecule has 18 heavy (non-hydrogen) atoms. The lowest BCUT2D eigenvalue weighted by atomic mass is 10.2. The number of nitrogens with zero attached hydrogens (tertiary/aromatic N) is 2. The SMILES string of the molecule is Cc1c(Oc2ccccc2)cnn1C1CCNC1. The molecule has 1 aromatic heterocycles. The van der Waals surface area contributed by atoms with E-state index in [4.69, 9.17) is 4.74 Å². The Morgan fingerprint density at radius 3 is 2.89 bits per heavy atom. The van der Waals surface area contributed by atoms with Gasteiger partial charge in [0, 0.05) is 6.54 Å². The Kier molecular flexibility index (Phi) is 3.02. The number of ether oxygens (including phenoxy) is 1. The second kappa shape index (κ2) is 4.82. The second-order valence-electron chi connectivity index (χ2n) is 4.60. The fraction of sp³-hybridized carbons (Fsp3) is 0.357. The van der Waals surface area contributed by atoms with Crippen LogP contribution >= 0.6 is 0 Å². The third-order valence-corrected chi connectivity index (χ3v) is 3.35. The summed E-state index contributed by atoms with van der Waals surface area (Å²) in [5.41, 5.74) is 1.09. The Labute approximate surface area is 107 Å². The van der Waals surface area contributed by atoms with Crippen molar-refractivity contribution >= 4 is 0 Å². The molecule has 1 atom stereocenters. The summed E-state index contributed by atoms with van der Waals surface area (Å²) in [6.45, 7) is 4.12. The summed E-state index contributed by atoms with van der Waals surface area (Å²) in [5, 5.41) is 7.80. The minimum Gasteiger partial charge on any atom is -0.454 e. The van der Waals surface area contributed by atoms with Crippen molar-refractivity contribution in [2.24, 2.45) is 0 Å². The molecule has 0 radical (unpaired) electrons. The maximum Gasteiger partial charge on any atom is 0.168 e. The van der Waals surface area contributed by atoms with Crippen LogP contribution in [0.1, 0.15) is 18.2 Å². The molecule has 1 aliphatic rings. The van der Waals surface area contributed by atoms with E-state index < -0.39 is 0 Å². The summed E-state index contributed by atoms with van der Waals surface area (Å²) in [4.78, 5) is 0. The van der Waals surface area contributed by atoms with E-state index in [2.05, 4.69) is 22.0 Å². The van der Waals surface area contributed by atoms with Crippen LogP contribution in [0.5, 0.6) is 11.5 Å². The summed E-state index contributed by atoms with van der Waals surface area (Å²) < 4.78 is 7.91. The normalized spacial score (nSPS) is 19.1. The van der Waals surface area contributed by atoms with Crippen LogP contribution in [0.25, 0.3) is 0 Å². The minimum absolute atomic E-state index is 0.457. The molecule has 0 aliphatic carbocycles. The Balaban J connectivity index is 1.81. The molecule has 3 rings (SSSR count). The molecule has 1 unspecified atom stereocenters. The van der Waals surface area contributed by atoms with E-state index in [1.54, 1.807) is 6.20 Å². The number of nitrogens with one attached hydrogen (secondary N) is 1. The highest BCUT2D eigenvalue weighted by Gasteiger charge is 2.20. The van der Waals surface area contributed by atoms with Gasteiger partial charge in [0.15, 0.2) is 5.75 Å². The zero-order valence-electron chi connectivity index (χ0n) is 10.5. The van der Waals surface area contributed by atoms with Crippen LogP contribution in [-0.4, -0.2) is 22.9 Å². The van der Waals surface area contributed by atoms with Crippen LogP contribution in [0.3, 0.4) is 0 Å². The van der Waals surface area contributed by atoms with Gasteiger partial charge >= 0.3 is 0 Å². The zero-order valence-corrected chi connectivity index (χ0v) is 10.5. The van der Waals surface area contributed by atoms with Crippen molar-refractivity contribution in [3.8, 4) is 11.5 Å². The average molecular weight is 243 g/mol. The lowest BCUT2D eigenvalue weighted by Gasteiger charge is -2.12. The second-order valence-corrected chi connectivity index (χ2v) is 4.60. The van der Waals surface area contributed by atoms with Crippen LogP contribution in [0.15, 0.2) is 36.5 Å². The number of para-hydroxylation sites is 1. The molecule has 1 aliphatic heterocycles. The van der Waals surface area contributed by atoms with E-state index in [1.165, 1.54) is 0 Å². The number of aromatic nitrogens is 2. The molecule has 2 heterocycles. The molecule has 2 aromatic rings. The lowest BCUT2D eigenvalue weighted by molar-refractivity contribution is 0.457. The third-order valence-electron chi connectivity index (χ3n) is 3.35. The molecule has 0 saturated carbocycles. The monoisotopic (exact) mass is 243 g/mol. The lowest BCUT2D eigenvalue weighted by Crippen LogP contribution is -2.15. The summed E-state index contributed by atoms with van der Waals surface area (Å²) >= 11 is 0. The largest absolute Gasteiger partial charge is 0.454 e. The van der Waals surface area contributed by atoms with E-state index in [1.807, 2.05) is 30.3 Å².